The summed E-state index contributed by atoms with van der Waals surface area (Å²) in [5, 5.41) is 0. The van der Waals surface area contributed by atoms with Gasteiger partial charge >= 0.3 is 11.7 Å². The van der Waals surface area contributed by atoms with Crippen molar-refractivity contribution >= 4 is 5.97 Å². The Labute approximate surface area is 85.3 Å². The summed E-state index contributed by atoms with van der Waals surface area (Å²) in [4.78, 5) is 37.3. The standard InChI is InChI=1S/C9H12N2O4/c1-5(2)15-8(13)4-6-3-7(12)11-9(14)10-6/h3,5H,4H2,1-2H3,(H2,10,11,12,14). The largest absolute Gasteiger partial charge is 0.463 e. The van der Waals surface area contributed by atoms with E-state index in [9.17, 15) is 14.4 Å². The molecule has 0 aliphatic carbocycles. The Balaban J connectivity index is 2.77. The number of hydrogen-bond acceptors (Lipinski definition) is 4. The number of H-pyrrole nitrogens is 2. The van der Waals surface area contributed by atoms with E-state index in [0.717, 1.165) is 6.07 Å². The van der Waals surface area contributed by atoms with Crippen LogP contribution in [0, 0.1) is 0 Å². The second-order valence-corrected chi connectivity index (χ2v) is 3.33. The zero-order chi connectivity index (χ0) is 11.4. The molecule has 0 aliphatic rings. The zero-order valence-electron chi connectivity index (χ0n) is 8.49. The van der Waals surface area contributed by atoms with E-state index in [2.05, 4.69) is 4.98 Å². The quantitative estimate of drug-likeness (QED) is 0.664. The van der Waals surface area contributed by atoms with Crippen molar-refractivity contribution in [2.24, 2.45) is 0 Å². The summed E-state index contributed by atoms with van der Waals surface area (Å²) in [5.41, 5.74) is -0.921. The fraction of sp³-hybridized carbons (Fsp3) is 0.444. The van der Waals surface area contributed by atoms with Crippen LogP contribution in [0.4, 0.5) is 0 Å². The van der Waals surface area contributed by atoms with Crippen molar-refractivity contribution in [1.82, 2.24) is 9.97 Å². The van der Waals surface area contributed by atoms with Gasteiger partial charge in [-0.25, -0.2) is 4.79 Å². The van der Waals surface area contributed by atoms with Crippen LogP contribution >= 0.6 is 0 Å². The lowest BCUT2D eigenvalue weighted by molar-refractivity contribution is -0.146. The summed E-state index contributed by atoms with van der Waals surface area (Å²) < 4.78 is 4.86. The lowest BCUT2D eigenvalue weighted by Crippen LogP contribution is -2.25. The Morgan fingerprint density at radius 1 is 1.40 bits per heavy atom. The Kier molecular flexibility index (Phi) is 3.43. The van der Waals surface area contributed by atoms with Crippen LogP contribution in [0.5, 0.6) is 0 Å². The number of esters is 1. The van der Waals surface area contributed by atoms with Crippen LogP contribution < -0.4 is 11.2 Å². The maximum atomic E-state index is 11.2. The average molecular weight is 212 g/mol. The van der Waals surface area contributed by atoms with Crippen LogP contribution in [0.1, 0.15) is 19.5 Å². The van der Waals surface area contributed by atoms with Crippen molar-refractivity contribution < 1.29 is 9.53 Å². The van der Waals surface area contributed by atoms with Gasteiger partial charge in [0.25, 0.3) is 5.56 Å². The number of aromatic nitrogens is 2. The highest BCUT2D eigenvalue weighted by Crippen LogP contribution is 1.95. The predicted molar refractivity (Wildman–Crippen MR) is 52.6 cm³/mol. The van der Waals surface area contributed by atoms with Crippen molar-refractivity contribution in [1.29, 1.82) is 0 Å². The van der Waals surface area contributed by atoms with Crippen molar-refractivity contribution in [2.45, 2.75) is 26.4 Å². The van der Waals surface area contributed by atoms with Crippen LogP contribution in [0.15, 0.2) is 15.7 Å². The molecule has 1 heterocycles. The number of carbonyl (C=O) groups excluding carboxylic acids is 1. The van der Waals surface area contributed by atoms with Gasteiger partial charge in [-0.2, -0.15) is 0 Å². The maximum absolute atomic E-state index is 11.2. The second kappa shape index (κ2) is 4.59. The molecule has 0 amide bonds. The fourth-order valence-electron chi connectivity index (χ4n) is 1.07. The normalized spacial score (nSPS) is 10.3. The van der Waals surface area contributed by atoms with Gasteiger partial charge in [-0.3, -0.25) is 14.6 Å². The van der Waals surface area contributed by atoms with E-state index in [1.165, 1.54) is 0 Å². The number of carbonyl (C=O) groups is 1. The van der Waals surface area contributed by atoms with Crippen LogP contribution in [0.2, 0.25) is 0 Å². The lowest BCUT2D eigenvalue weighted by atomic mass is 10.3. The molecule has 1 aromatic heterocycles. The first kappa shape index (κ1) is 11.2. The highest BCUT2D eigenvalue weighted by Gasteiger charge is 2.08. The molecular formula is C9H12N2O4. The molecule has 0 saturated heterocycles. The lowest BCUT2D eigenvalue weighted by Gasteiger charge is -2.06. The van der Waals surface area contributed by atoms with E-state index >= 15 is 0 Å². The van der Waals surface area contributed by atoms with Crippen LogP contribution in [0.25, 0.3) is 0 Å². The SMILES string of the molecule is CC(C)OC(=O)Cc1cc(=O)[nH]c(=O)[nH]1. The van der Waals surface area contributed by atoms with E-state index in [0.29, 0.717) is 0 Å². The van der Waals surface area contributed by atoms with E-state index in [1.54, 1.807) is 13.8 Å². The van der Waals surface area contributed by atoms with E-state index in [4.69, 9.17) is 4.74 Å². The first-order valence-corrected chi connectivity index (χ1v) is 4.49. The summed E-state index contributed by atoms with van der Waals surface area (Å²) >= 11 is 0. The molecule has 6 nitrogen and oxygen atoms in total. The molecule has 0 saturated carbocycles. The Morgan fingerprint density at radius 3 is 2.60 bits per heavy atom. The van der Waals surface area contributed by atoms with Crippen LogP contribution in [0.3, 0.4) is 0 Å². The highest BCUT2D eigenvalue weighted by molar-refractivity contribution is 5.72. The Hall–Kier alpha value is -1.85. The van der Waals surface area contributed by atoms with E-state index in [-0.39, 0.29) is 18.2 Å². The molecule has 0 aliphatic heterocycles. The minimum atomic E-state index is -0.630. The van der Waals surface area contributed by atoms with Gasteiger partial charge in [0.1, 0.15) is 0 Å². The van der Waals surface area contributed by atoms with Gasteiger partial charge in [0.2, 0.25) is 0 Å². The summed E-state index contributed by atoms with van der Waals surface area (Å²) in [6, 6.07) is 1.16. The van der Waals surface area contributed by atoms with Gasteiger partial charge in [-0.1, -0.05) is 0 Å². The molecule has 82 valence electrons. The summed E-state index contributed by atoms with van der Waals surface area (Å²) in [7, 11) is 0. The second-order valence-electron chi connectivity index (χ2n) is 3.33. The number of ether oxygens (including phenoxy) is 1. The van der Waals surface area contributed by atoms with Gasteiger partial charge in [0.15, 0.2) is 0 Å². The fourth-order valence-corrected chi connectivity index (χ4v) is 1.07. The molecule has 0 unspecified atom stereocenters. The molecule has 2 N–H and O–H groups in total. The summed E-state index contributed by atoms with van der Waals surface area (Å²) in [6.45, 7) is 3.44. The average Bonchev–Trinajstić information content (AvgIpc) is 1.98. The smallest absolute Gasteiger partial charge is 0.325 e. The topological polar surface area (TPSA) is 92.0 Å². The monoisotopic (exact) mass is 212 g/mol. The Bertz CT molecular complexity index is 429. The van der Waals surface area contributed by atoms with Crippen molar-refractivity contribution in [3.8, 4) is 0 Å². The molecular weight excluding hydrogens is 200 g/mol. The third kappa shape index (κ3) is 3.80. The third-order valence-corrected chi connectivity index (χ3v) is 1.52. The van der Waals surface area contributed by atoms with Crippen molar-refractivity contribution in [3.05, 3.63) is 32.6 Å². The molecule has 1 aromatic rings. The van der Waals surface area contributed by atoms with Crippen molar-refractivity contribution in [2.75, 3.05) is 0 Å². The van der Waals surface area contributed by atoms with Gasteiger partial charge in [-0.15, -0.1) is 0 Å². The van der Waals surface area contributed by atoms with E-state index < -0.39 is 17.2 Å². The van der Waals surface area contributed by atoms with Crippen LogP contribution in [-0.4, -0.2) is 22.0 Å². The Morgan fingerprint density at radius 2 is 2.07 bits per heavy atom. The highest BCUT2D eigenvalue weighted by atomic mass is 16.5. The molecule has 1 rings (SSSR count). The van der Waals surface area contributed by atoms with Crippen molar-refractivity contribution in [3.63, 3.8) is 0 Å². The number of hydrogen-bond donors (Lipinski definition) is 2. The minimum Gasteiger partial charge on any atom is -0.463 e. The molecule has 0 bridgehead atoms. The molecule has 15 heavy (non-hydrogen) atoms. The summed E-state index contributed by atoms with van der Waals surface area (Å²) in [5.74, 6) is -0.480. The van der Waals surface area contributed by atoms with E-state index in [1.807, 2.05) is 4.98 Å². The van der Waals surface area contributed by atoms with Gasteiger partial charge < -0.3 is 9.72 Å². The third-order valence-electron chi connectivity index (χ3n) is 1.52. The maximum Gasteiger partial charge on any atom is 0.325 e. The molecule has 0 atom stereocenters. The first-order valence-electron chi connectivity index (χ1n) is 4.49. The molecule has 0 fully saturated rings. The number of nitrogens with one attached hydrogen (secondary N) is 2. The predicted octanol–water partition coefficient (Wildman–Crippen LogP) is -0.443. The molecule has 6 heteroatoms. The van der Waals surface area contributed by atoms with Gasteiger partial charge in [0, 0.05) is 11.8 Å². The molecule has 0 spiro atoms. The van der Waals surface area contributed by atoms with Crippen LogP contribution in [-0.2, 0) is 16.0 Å². The van der Waals surface area contributed by atoms with Gasteiger partial charge in [-0.05, 0) is 13.8 Å². The molecule has 0 aromatic carbocycles. The minimum absolute atomic E-state index is 0.114. The zero-order valence-corrected chi connectivity index (χ0v) is 8.49. The summed E-state index contributed by atoms with van der Waals surface area (Å²) in [6.07, 6.45) is -0.330. The van der Waals surface area contributed by atoms with Gasteiger partial charge in [0.05, 0.1) is 12.5 Å². The number of rotatable bonds is 3. The molecule has 0 radical (unpaired) electrons. The first-order chi connectivity index (χ1) is 6.97. The number of aromatic amines is 2.